The van der Waals surface area contributed by atoms with Gasteiger partial charge in [-0.3, -0.25) is 4.79 Å². The molecule has 0 N–H and O–H groups in total. The molecule has 0 radical (unpaired) electrons. The first kappa shape index (κ1) is 5.60. The Balaban J connectivity index is 3.60. The van der Waals surface area contributed by atoms with Crippen LogP contribution in [0.4, 0.5) is 0 Å². The van der Waals surface area contributed by atoms with Gasteiger partial charge >= 0.3 is 0 Å². The highest BCUT2D eigenvalue weighted by Gasteiger charge is 1.78. The first-order valence-corrected chi connectivity index (χ1v) is 1.97. The predicted molar refractivity (Wildman–Crippen MR) is 24.2 cm³/mol. The number of halogens is 1. The van der Waals surface area contributed by atoms with Crippen molar-refractivity contribution in [3.63, 3.8) is 0 Å². The second kappa shape index (κ2) is 2.82. The molecule has 0 spiro atoms. The summed E-state index contributed by atoms with van der Waals surface area (Å²) in [6.07, 6.45) is 0.764. The van der Waals surface area contributed by atoms with E-state index in [0.29, 0.717) is 0 Å². The quantitative estimate of drug-likeness (QED) is 0.305. The highest BCUT2D eigenvalue weighted by atomic mass is 79.9. The van der Waals surface area contributed by atoms with Crippen molar-refractivity contribution in [1.82, 2.24) is 0 Å². The van der Waals surface area contributed by atoms with Crippen LogP contribution in [0.3, 0.4) is 0 Å². The molecule has 2 nitrogen and oxygen atoms in total. The van der Waals surface area contributed by atoms with Crippen molar-refractivity contribution in [2.24, 2.45) is 0 Å². The predicted octanol–water partition coefficient (Wildman–Crippen LogP) is 0.296. The van der Waals surface area contributed by atoms with Crippen LogP contribution >= 0.6 is 15.9 Å². The fourth-order valence-corrected chi connectivity index (χ4v) is 0.140. The van der Waals surface area contributed by atoms with Crippen LogP contribution in [0, 0.1) is 0 Å². The molecule has 0 bridgehead atoms. The third kappa shape index (κ3) is 3.60. The standard InChI is InChI=1S/C3HBrO2/c4-3(6)1-2-5/h1H. The zero-order valence-electron chi connectivity index (χ0n) is 2.77. The SMILES string of the molecule is O=C=CC(=O)Br. The van der Waals surface area contributed by atoms with Crippen molar-refractivity contribution >= 4 is 26.6 Å². The van der Waals surface area contributed by atoms with Crippen LogP contribution in [0.2, 0.25) is 0 Å². The summed E-state index contributed by atoms with van der Waals surface area (Å²) < 4.78 is -0.447. The van der Waals surface area contributed by atoms with Crippen molar-refractivity contribution in [3.05, 3.63) is 6.08 Å². The van der Waals surface area contributed by atoms with Gasteiger partial charge in [0.1, 0.15) is 5.94 Å². The summed E-state index contributed by atoms with van der Waals surface area (Å²) >= 11 is 2.48. The Morgan fingerprint density at radius 2 is 2.33 bits per heavy atom. The second-order valence-electron chi connectivity index (χ2n) is 0.566. The summed E-state index contributed by atoms with van der Waals surface area (Å²) in [5, 5.41) is 0. The van der Waals surface area contributed by atoms with Gasteiger partial charge in [0.25, 0.3) is 0 Å². The van der Waals surface area contributed by atoms with Crippen molar-refractivity contribution < 1.29 is 9.59 Å². The Hall–Kier alpha value is -0.400. The minimum atomic E-state index is -0.447. The van der Waals surface area contributed by atoms with Crippen LogP contribution in [0.5, 0.6) is 0 Å². The van der Waals surface area contributed by atoms with Gasteiger partial charge in [0.2, 0.25) is 4.69 Å². The van der Waals surface area contributed by atoms with E-state index >= 15 is 0 Å². The van der Waals surface area contributed by atoms with E-state index in [1.807, 2.05) is 0 Å². The lowest BCUT2D eigenvalue weighted by Crippen LogP contribution is -1.70. The molecule has 0 aromatic heterocycles. The highest BCUT2D eigenvalue weighted by Crippen LogP contribution is 1.79. The molecule has 0 fully saturated rings. The third-order valence-electron chi connectivity index (χ3n) is 0.172. The fourth-order valence-electron chi connectivity index (χ4n) is 0.0463. The smallest absolute Gasteiger partial charge is 0.231 e. The molecule has 0 saturated heterocycles. The van der Waals surface area contributed by atoms with Crippen LogP contribution in [-0.4, -0.2) is 10.6 Å². The average Bonchev–Trinajstić information content (AvgIpc) is 1.35. The molecule has 0 aliphatic rings. The third-order valence-corrected chi connectivity index (χ3v) is 0.401. The van der Waals surface area contributed by atoms with Crippen molar-refractivity contribution in [2.75, 3.05) is 0 Å². The van der Waals surface area contributed by atoms with E-state index in [1.54, 1.807) is 0 Å². The topological polar surface area (TPSA) is 34.1 Å². The Morgan fingerprint density at radius 1 is 1.83 bits per heavy atom. The molecule has 0 aliphatic carbocycles. The largest absolute Gasteiger partial charge is 0.281 e. The Morgan fingerprint density at radius 3 is 2.33 bits per heavy atom. The Labute approximate surface area is 43.0 Å². The Kier molecular flexibility index (Phi) is 2.63. The zero-order chi connectivity index (χ0) is 4.99. The number of rotatable bonds is 1. The van der Waals surface area contributed by atoms with Crippen molar-refractivity contribution in [2.45, 2.75) is 0 Å². The maximum Gasteiger partial charge on any atom is 0.231 e. The number of carbonyl (C=O) groups is 1. The molecule has 0 unspecified atom stereocenters. The number of hydrogen-bond donors (Lipinski definition) is 0. The molecule has 0 aromatic carbocycles. The number of carbonyl (C=O) groups excluding carboxylic acids is 2. The molecule has 0 amide bonds. The molecule has 0 heterocycles. The molecule has 0 rings (SSSR count). The lowest BCUT2D eigenvalue weighted by atomic mass is 10.7. The summed E-state index contributed by atoms with van der Waals surface area (Å²) in [5.41, 5.74) is 0. The van der Waals surface area contributed by atoms with Gasteiger partial charge in [-0.2, -0.15) is 0 Å². The lowest BCUT2D eigenvalue weighted by molar-refractivity contribution is -0.106. The molecule has 0 atom stereocenters. The van der Waals surface area contributed by atoms with Gasteiger partial charge in [-0.05, 0) is 15.9 Å². The molecule has 32 valence electrons. The second-order valence-corrected chi connectivity index (χ2v) is 1.35. The summed E-state index contributed by atoms with van der Waals surface area (Å²) in [6, 6.07) is 0. The van der Waals surface area contributed by atoms with E-state index in [1.165, 1.54) is 5.94 Å². The lowest BCUT2D eigenvalue weighted by Gasteiger charge is -1.57. The Bertz CT molecular complexity index is 101. The first-order valence-electron chi connectivity index (χ1n) is 1.17. The molecular formula is C3HBrO2. The van der Waals surface area contributed by atoms with Crippen molar-refractivity contribution in [3.8, 4) is 0 Å². The minimum absolute atomic E-state index is 0.447. The number of allylic oxidation sites excluding steroid dienone is 1. The van der Waals surface area contributed by atoms with Crippen LogP contribution in [0.25, 0.3) is 0 Å². The maximum absolute atomic E-state index is 9.64. The zero-order valence-corrected chi connectivity index (χ0v) is 4.36. The van der Waals surface area contributed by atoms with E-state index < -0.39 is 4.69 Å². The average molecular weight is 149 g/mol. The molecule has 0 aliphatic heterocycles. The summed E-state index contributed by atoms with van der Waals surface area (Å²) in [7, 11) is 0. The van der Waals surface area contributed by atoms with E-state index in [0.717, 1.165) is 6.08 Å². The summed E-state index contributed by atoms with van der Waals surface area (Å²) in [6.45, 7) is 0. The highest BCUT2D eigenvalue weighted by molar-refractivity contribution is 9.18. The van der Waals surface area contributed by atoms with Gasteiger partial charge in [0.05, 0.1) is 6.08 Å². The minimum Gasteiger partial charge on any atom is -0.281 e. The van der Waals surface area contributed by atoms with E-state index in [4.69, 9.17) is 0 Å². The fraction of sp³-hybridized carbons (Fsp3) is 0. The van der Waals surface area contributed by atoms with Gasteiger partial charge < -0.3 is 0 Å². The van der Waals surface area contributed by atoms with Crippen LogP contribution in [0.1, 0.15) is 0 Å². The van der Waals surface area contributed by atoms with Gasteiger partial charge in [0, 0.05) is 0 Å². The van der Waals surface area contributed by atoms with Crippen LogP contribution in [-0.2, 0) is 9.59 Å². The first-order chi connectivity index (χ1) is 2.77. The monoisotopic (exact) mass is 148 g/mol. The van der Waals surface area contributed by atoms with Gasteiger partial charge in [-0.15, -0.1) is 0 Å². The van der Waals surface area contributed by atoms with Gasteiger partial charge in [-0.25, -0.2) is 4.79 Å². The summed E-state index contributed by atoms with van der Waals surface area (Å²) in [4.78, 5) is 18.8. The molecule has 6 heavy (non-hydrogen) atoms. The van der Waals surface area contributed by atoms with Crippen molar-refractivity contribution in [1.29, 1.82) is 0 Å². The molecular weight excluding hydrogens is 148 g/mol. The molecule has 3 heteroatoms. The van der Waals surface area contributed by atoms with E-state index in [-0.39, 0.29) is 0 Å². The number of hydrogen-bond acceptors (Lipinski definition) is 2. The van der Waals surface area contributed by atoms with E-state index in [2.05, 4.69) is 15.9 Å². The van der Waals surface area contributed by atoms with Crippen LogP contribution in [0.15, 0.2) is 6.08 Å². The maximum atomic E-state index is 9.64. The molecule has 0 aromatic rings. The summed E-state index contributed by atoms with van der Waals surface area (Å²) in [5.74, 6) is 1.30. The normalized spacial score (nSPS) is 6.17. The van der Waals surface area contributed by atoms with Gasteiger partial charge in [-0.1, -0.05) is 0 Å². The molecule has 0 saturated carbocycles. The van der Waals surface area contributed by atoms with Crippen LogP contribution < -0.4 is 0 Å². The van der Waals surface area contributed by atoms with Gasteiger partial charge in [0.15, 0.2) is 0 Å². The van der Waals surface area contributed by atoms with E-state index in [9.17, 15) is 9.59 Å².